The van der Waals surface area contributed by atoms with Crippen molar-refractivity contribution >= 4 is 27.5 Å². The number of carbonyl (C=O) groups excluding carboxylic acids is 2. The predicted molar refractivity (Wildman–Crippen MR) is 169 cm³/mol. The van der Waals surface area contributed by atoms with Gasteiger partial charge in [0.15, 0.2) is 0 Å². The molecule has 2 amide bonds. The van der Waals surface area contributed by atoms with Crippen LogP contribution >= 0.6 is 0 Å². The fourth-order valence-corrected chi connectivity index (χ4v) is 6.58. The van der Waals surface area contributed by atoms with Gasteiger partial charge in [0.1, 0.15) is 12.6 Å². The van der Waals surface area contributed by atoms with E-state index in [-0.39, 0.29) is 18.5 Å². The molecule has 3 aromatic carbocycles. The van der Waals surface area contributed by atoms with E-state index in [4.69, 9.17) is 0 Å². The number of sulfonamides is 1. The maximum absolute atomic E-state index is 14.3. The molecule has 1 atom stereocenters. The number of carbonyl (C=O) groups is 2. The van der Waals surface area contributed by atoms with E-state index in [0.29, 0.717) is 12.1 Å². The van der Waals surface area contributed by atoms with Gasteiger partial charge in [0, 0.05) is 19.0 Å². The highest BCUT2D eigenvalue weighted by Crippen LogP contribution is 2.25. The van der Waals surface area contributed by atoms with E-state index in [2.05, 4.69) is 5.32 Å². The molecule has 0 unspecified atom stereocenters. The second-order valence-electron chi connectivity index (χ2n) is 11.6. The third-order valence-electron chi connectivity index (χ3n) is 8.00. The van der Waals surface area contributed by atoms with E-state index in [1.807, 2.05) is 87.5 Å². The summed E-state index contributed by atoms with van der Waals surface area (Å²) in [5.41, 5.74) is 5.10. The van der Waals surface area contributed by atoms with Crippen molar-refractivity contribution in [1.29, 1.82) is 0 Å². The van der Waals surface area contributed by atoms with E-state index in [0.717, 1.165) is 70.5 Å². The van der Waals surface area contributed by atoms with Crippen LogP contribution in [0.1, 0.15) is 59.9 Å². The molecule has 0 heterocycles. The molecule has 1 N–H and O–H groups in total. The number of rotatable bonds is 11. The Kier molecular flexibility index (Phi) is 10.4. The van der Waals surface area contributed by atoms with Gasteiger partial charge in [-0.1, -0.05) is 97.1 Å². The standard InChI is InChI=1S/C34H43N3O4S/c1-25-15-18-29(19-16-25)23-36(33(38)24-37(42(4,40)41)31-20-17-26(2)21-27(31)3)32(22-28-11-7-5-8-12-28)34(39)35-30-13-9-6-10-14-30/h5,7-8,11-12,15-21,30,32H,6,9-10,13-14,22-24H2,1-4H3,(H,35,39)/t32-/m1/s1. The van der Waals surface area contributed by atoms with Crippen molar-refractivity contribution in [1.82, 2.24) is 10.2 Å². The first kappa shape index (κ1) is 31.3. The number of anilines is 1. The van der Waals surface area contributed by atoms with Gasteiger partial charge in [-0.3, -0.25) is 13.9 Å². The van der Waals surface area contributed by atoms with Crippen molar-refractivity contribution in [2.24, 2.45) is 0 Å². The van der Waals surface area contributed by atoms with Crippen LogP contribution in [-0.2, 0) is 32.6 Å². The van der Waals surface area contributed by atoms with Gasteiger partial charge in [-0.05, 0) is 56.4 Å². The third-order valence-corrected chi connectivity index (χ3v) is 9.12. The molecule has 1 fully saturated rings. The first-order chi connectivity index (χ1) is 20.0. The molecule has 42 heavy (non-hydrogen) atoms. The van der Waals surface area contributed by atoms with Crippen LogP contribution < -0.4 is 9.62 Å². The second kappa shape index (κ2) is 14.0. The molecule has 0 aromatic heterocycles. The molecule has 0 radical (unpaired) electrons. The van der Waals surface area contributed by atoms with Gasteiger partial charge in [-0.2, -0.15) is 0 Å². The summed E-state index contributed by atoms with van der Waals surface area (Å²) in [4.78, 5) is 29.9. The van der Waals surface area contributed by atoms with Crippen LogP contribution in [-0.4, -0.2) is 50.0 Å². The number of nitrogens with zero attached hydrogens (tertiary/aromatic N) is 2. The van der Waals surface area contributed by atoms with E-state index in [9.17, 15) is 18.0 Å². The normalized spacial score (nSPS) is 14.7. The lowest BCUT2D eigenvalue weighted by Crippen LogP contribution is -2.55. The Bertz CT molecular complexity index is 1470. The second-order valence-corrected chi connectivity index (χ2v) is 13.5. The number of hydrogen-bond donors (Lipinski definition) is 1. The Labute approximate surface area is 251 Å². The molecule has 1 aliphatic rings. The Hall–Kier alpha value is -3.65. The topological polar surface area (TPSA) is 86.8 Å². The van der Waals surface area contributed by atoms with Gasteiger partial charge in [0.25, 0.3) is 0 Å². The van der Waals surface area contributed by atoms with Crippen LogP contribution in [0, 0.1) is 20.8 Å². The summed E-state index contributed by atoms with van der Waals surface area (Å²) in [7, 11) is -3.80. The molecule has 8 heteroatoms. The molecule has 1 saturated carbocycles. The van der Waals surface area contributed by atoms with Crippen molar-refractivity contribution in [2.75, 3.05) is 17.1 Å². The average molecular weight is 590 g/mol. The van der Waals surface area contributed by atoms with Gasteiger partial charge >= 0.3 is 0 Å². The highest BCUT2D eigenvalue weighted by molar-refractivity contribution is 7.92. The molecule has 4 rings (SSSR count). The number of amides is 2. The Morgan fingerprint density at radius 2 is 1.50 bits per heavy atom. The first-order valence-corrected chi connectivity index (χ1v) is 16.6. The van der Waals surface area contributed by atoms with Gasteiger partial charge in [0.2, 0.25) is 21.8 Å². The van der Waals surface area contributed by atoms with Crippen LogP contribution in [0.25, 0.3) is 0 Å². The number of nitrogens with one attached hydrogen (secondary N) is 1. The zero-order chi connectivity index (χ0) is 30.3. The van der Waals surface area contributed by atoms with Crippen LogP contribution in [0.15, 0.2) is 72.8 Å². The zero-order valence-corrected chi connectivity index (χ0v) is 26.0. The Morgan fingerprint density at radius 1 is 0.857 bits per heavy atom. The number of hydrogen-bond acceptors (Lipinski definition) is 4. The van der Waals surface area contributed by atoms with Crippen LogP contribution in [0.2, 0.25) is 0 Å². The van der Waals surface area contributed by atoms with Crippen molar-refractivity contribution < 1.29 is 18.0 Å². The predicted octanol–water partition coefficient (Wildman–Crippen LogP) is 5.47. The zero-order valence-electron chi connectivity index (χ0n) is 25.2. The lowest BCUT2D eigenvalue weighted by molar-refractivity contribution is -0.140. The van der Waals surface area contributed by atoms with Crippen molar-refractivity contribution in [3.8, 4) is 0 Å². The summed E-state index contributed by atoms with van der Waals surface area (Å²) >= 11 is 0. The minimum absolute atomic E-state index is 0.0728. The number of benzene rings is 3. The molecule has 0 aliphatic heterocycles. The van der Waals surface area contributed by atoms with E-state index in [1.165, 1.54) is 0 Å². The summed E-state index contributed by atoms with van der Waals surface area (Å²) in [5.74, 6) is -0.635. The molecule has 3 aromatic rings. The SMILES string of the molecule is Cc1ccc(CN(C(=O)CN(c2ccc(C)cc2C)S(C)(=O)=O)[C@H](Cc2ccccc2)C(=O)NC2CCCCC2)cc1. The molecule has 0 saturated heterocycles. The summed E-state index contributed by atoms with van der Waals surface area (Å²) < 4.78 is 27.3. The average Bonchev–Trinajstić information content (AvgIpc) is 2.95. The molecule has 224 valence electrons. The molecular weight excluding hydrogens is 546 g/mol. The minimum atomic E-state index is -3.80. The summed E-state index contributed by atoms with van der Waals surface area (Å²) in [5, 5.41) is 3.24. The fourth-order valence-electron chi connectivity index (χ4n) is 5.67. The lowest BCUT2D eigenvalue weighted by atomic mass is 9.94. The lowest BCUT2D eigenvalue weighted by Gasteiger charge is -2.35. The van der Waals surface area contributed by atoms with Crippen molar-refractivity contribution in [3.63, 3.8) is 0 Å². The van der Waals surface area contributed by atoms with Gasteiger partial charge in [0.05, 0.1) is 11.9 Å². The summed E-state index contributed by atoms with van der Waals surface area (Å²) in [6.45, 7) is 5.55. The van der Waals surface area contributed by atoms with Crippen LogP contribution in [0.5, 0.6) is 0 Å². The maximum atomic E-state index is 14.3. The Balaban J connectivity index is 1.73. The highest BCUT2D eigenvalue weighted by atomic mass is 32.2. The number of aryl methyl sites for hydroxylation is 3. The van der Waals surface area contributed by atoms with Crippen LogP contribution in [0.4, 0.5) is 5.69 Å². The van der Waals surface area contributed by atoms with E-state index in [1.54, 1.807) is 11.0 Å². The van der Waals surface area contributed by atoms with Gasteiger partial charge in [-0.15, -0.1) is 0 Å². The largest absolute Gasteiger partial charge is 0.352 e. The van der Waals surface area contributed by atoms with Crippen molar-refractivity contribution in [3.05, 3.63) is 101 Å². The maximum Gasteiger partial charge on any atom is 0.244 e. The minimum Gasteiger partial charge on any atom is -0.352 e. The van der Waals surface area contributed by atoms with Gasteiger partial charge in [-0.25, -0.2) is 8.42 Å². The third kappa shape index (κ3) is 8.44. The van der Waals surface area contributed by atoms with Crippen molar-refractivity contribution in [2.45, 2.75) is 77.9 Å². The molecule has 7 nitrogen and oxygen atoms in total. The van der Waals surface area contributed by atoms with E-state index < -0.39 is 28.5 Å². The monoisotopic (exact) mass is 589 g/mol. The first-order valence-electron chi connectivity index (χ1n) is 14.8. The smallest absolute Gasteiger partial charge is 0.244 e. The van der Waals surface area contributed by atoms with E-state index >= 15 is 0 Å². The quantitative estimate of drug-likeness (QED) is 0.322. The molecule has 1 aliphatic carbocycles. The summed E-state index contributed by atoms with van der Waals surface area (Å²) in [6.07, 6.45) is 6.58. The molecular formula is C34H43N3O4S. The Morgan fingerprint density at radius 3 is 2.12 bits per heavy atom. The summed E-state index contributed by atoms with van der Waals surface area (Å²) in [6, 6.07) is 22.3. The molecule has 0 bridgehead atoms. The van der Waals surface area contributed by atoms with Gasteiger partial charge < -0.3 is 10.2 Å². The van der Waals surface area contributed by atoms with Crippen LogP contribution in [0.3, 0.4) is 0 Å². The highest BCUT2D eigenvalue weighted by Gasteiger charge is 2.34. The molecule has 0 spiro atoms. The fraction of sp³-hybridized carbons (Fsp3) is 0.412.